The molecule has 0 heterocycles. The second kappa shape index (κ2) is 6.11. The summed E-state index contributed by atoms with van der Waals surface area (Å²) in [6.45, 7) is 1.44. The van der Waals surface area contributed by atoms with Crippen LogP contribution in [0.5, 0.6) is 11.5 Å². The number of halogens is 4. The lowest BCUT2D eigenvalue weighted by Crippen LogP contribution is -2.40. The highest BCUT2D eigenvalue weighted by Gasteiger charge is 2.32. The van der Waals surface area contributed by atoms with Crippen LogP contribution in [0.3, 0.4) is 0 Å². The normalized spacial score (nSPS) is 12.7. The predicted molar refractivity (Wildman–Crippen MR) is 63.2 cm³/mol. The predicted octanol–water partition coefficient (Wildman–Crippen LogP) is 2.10. The average molecular weight is 343 g/mol. The average Bonchev–Trinajstić information content (AvgIpc) is 2.30. The van der Waals surface area contributed by atoms with E-state index in [2.05, 4.69) is 20.7 Å². The van der Waals surface area contributed by atoms with Crippen LogP contribution in [0.15, 0.2) is 22.7 Å². The number of ether oxygens (including phenoxy) is 2. The molecule has 9 heteroatoms. The molecule has 0 saturated heterocycles. The lowest BCUT2D eigenvalue weighted by molar-refractivity contribution is -0.274. The Balaban J connectivity index is 2.80. The summed E-state index contributed by atoms with van der Waals surface area (Å²) in [5.41, 5.74) is 1.89. The molecule has 1 atom stereocenters. The SMILES string of the molecule is CC(Oc1ccc(OC(F)(F)F)c(Br)c1)C(=O)NN. The number of benzene rings is 1. The van der Waals surface area contributed by atoms with Gasteiger partial charge in [0.05, 0.1) is 4.47 Å². The van der Waals surface area contributed by atoms with E-state index in [1.165, 1.54) is 19.1 Å². The Kier molecular flexibility index (Phi) is 5.01. The first-order valence-corrected chi connectivity index (χ1v) is 5.74. The summed E-state index contributed by atoms with van der Waals surface area (Å²) >= 11 is 2.91. The van der Waals surface area contributed by atoms with Crippen molar-refractivity contribution in [2.24, 2.45) is 5.84 Å². The van der Waals surface area contributed by atoms with Gasteiger partial charge in [0.15, 0.2) is 6.10 Å². The van der Waals surface area contributed by atoms with E-state index in [0.29, 0.717) is 0 Å². The number of hydrogen-bond acceptors (Lipinski definition) is 4. The molecule has 1 amide bonds. The minimum Gasteiger partial charge on any atom is -0.481 e. The summed E-state index contributed by atoms with van der Waals surface area (Å²) in [7, 11) is 0. The van der Waals surface area contributed by atoms with Crippen LogP contribution in [0.25, 0.3) is 0 Å². The second-order valence-corrected chi connectivity index (χ2v) is 4.26. The van der Waals surface area contributed by atoms with Crippen LogP contribution < -0.4 is 20.7 Å². The summed E-state index contributed by atoms with van der Waals surface area (Å²) in [5, 5.41) is 0. The summed E-state index contributed by atoms with van der Waals surface area (Å²) < 4.78 is 45.1. The first kappa shape index (κ1) is 15.6. The van der Waals surface area contributed by atoms with Crippen LogP contribution in [0.1, 0.15) is 6.92 Å². The van der Waals surface area contributed by atoms with Gasteiger partial charge in [-0.1, -0.05) is 0 Å². The summed E-state index contributed by atoms with van der Waals surface area (Å²) in [6, 6.07) is 3.56. The minimum atomic E-state index is -4.78. The molecule has 3 N–H and O–H groups in total. The van der Waals surface area contributed by atoms with Gasteiger partial charge >= 0.3 is 6.36 Å². The molecule has 106 valence electrons. The fraction of sp³-hybridized carbons (Fsp3) is 0.300. The first-order valence-electron chi connectivity index (χ1n) is 4.95. The number of carbonyl (C=O) groups is 1. The fourth-order valence-corrected chi connectivity index (χ4v) is 1.58. The van der Waals surface area contributed by atoms with Gasteiger partial charge in [-0.3, -0.25) is 10.2 Å². The van der Waals surface area contributed by atoms with Gasteiger partial charge in [0, 0.05) is 0 Å². The second-order valence-electron chi connectivity index (χ2n) is 3.41. The van der Waals surface area contributed by atoms with E-state index in [1.807, 2.05) is 5.43 Å². The number of nitrogens with one attached hydrogen (secondary N) is 1. The maximum atomic E-state index is 12.0. The molecular weight excluding hydrogens is 333 g/mol. The smallest absolute Gasteiger partial charge is 0.481 e. The summed E-state index contributed by atoms with van der Waals surface area (Å²) in [6.07, 6.45) is -5.66. The summed E-state index contributed by atoms with van der Waals surface area (Å²) in [5.74, 6) is 4.14. The molecule has 0 spiro atoms. The molecule has 0 fully saturated rings. The van der Waals surface area contributed by atoms with Crippen LogP contribution in [-0.4, -0.2) is 18.4 Å². The van der Waals surface area contributed by atoms with Crippen molar-refractivity contribution in [3.8, 4) is 11.5 Å². The molecule has 0 aliphatic heterocycles. The molecule has 1 unspecified atom stereocenters. The van der Waals surface area contributed by atoms with Gasteiger partial charge < -0.3 is 9.47 Å². The van der Waals surface area contributed by atoms with E-state index in [4.69, 9.17) is 10.6 Å². The minimum absolute atomic E-state index is 0.0441. The van der Waals surface area contributed by atoms with Crippen LogP contribution >= 0.6 is 15.9 Å². The molecule has 1 aromatic rings. The molecule has 0 aromatic heterocycles. The largest absolute Gasteiger partial charge is 0.573 e. The van der Waals surface area contributed by atoms with Gasteiger partial charge in [0.1, 0.15) is 11.5 Å². The highest BCUT2D eigenvalue weighted by molar-refractivity contribution is 9.10. The molecule has 19 heavy (non-hydrogen) atoms. The Bertz CT molecular complexity index is 468. The highest BCUT2D eigenvalue weighted by atomic mass is 79.9. The molecule has 5 nitrogen and oxygen atoms in total. The Morgan fingerprint density at radius 1 is 1.47 bits per heavy atom. The molecule has 0 saturated carbocycles. The molecule has 0 bridgehead atoms. The van der Waals surface area contributed by atoms with Gasteiger partial charge in [-0.05, 0) is 41.1 Å². The first-order chi connectivity index (χ1) is 8.73. The Morgan fingerprint density at radius 3 is 2.58 bits per heavy atom. The lowest BCUT2D eigenvalue weighted by atomic mass is 10.3. The third-order valence-electron chi connectivity index (χ3n) is 1.95. The van der Waals surface area contributed by atoms with Crippen LogP contribution in [0.4, 0.5) is 13.2 Å². The van der Waals surface area contributed by atoms with Crippen molar-refractivity contribution < 1.29 is 27.4 Å². The van der Waals surface area contributed by atoms with E-state index >= 15 is 0 Å². The standard InChI is InChI=1S/C10H10BrF3N2O3/c1-5(9(17)16-15)18-6-2-3-8(7(11)4-6)19-10(12,13)14/h2-5H,15H2,1H3,(H,16,17). The van der Waals surface area contributed by atoms with Crippen molar-refractivity contribution in [2.75, 3.05) is 0 Å². The molecule has 1 aromatic carbocycles. The van der Waals surface area contributed by atoms with Gasteiger partial charge in [0.2, 0.25) is 0 Å². The molecule has 1 rings (SSSR count). The Labute approximate surface area is 115 Å². The number of rotatable bonds is 4. The molecule has 0 radical (unpaired) electrons. The van der Waals surface area contributed by atoms with Gasteiger partial charge in [-0.15, -0.1) is 13.2 Å². The van der Waals surface area contributed by atoms with E-state index in [1.54, 1.807) is 0 Å². The van der Waals surface area contributed by atoms with Crippen LogP contribution in [0, 0.1) is 0 Å². The van der Waals surface area contributed by atoms with E-state index < -0.39 is 24.1 Å². The van der Waals surface area contributed by atoms with Gasteiger partial charge in [0.25, 0.3) is 5.91 Å². The van der Waals surface area contributed by atoms with Crippen LogP contribution in [-0.2, 0) is 4.79 Å². The lowest BCUT2D eigenvalue weighted by Gasteiger charge is -2.15. The Hall–Kier alpha value is -1.48. The van der Waals surface area contributed by atoms with Crippen molar-refractivity contribution >= 4 is 21.8 Å². The van der Waals surface area contributed by atoms with E-state index in [0.717, 1.165) is 6.07 Å². The monoisotopic (exact) mass is 342 g/mol. The van der Waals surface area contributed by atoms with Crippen molar-refractivity contribution in [1.29, 1.82) is 0 Å². The molecule has 0 aliphatic rings. The number of nitrogens with two attached hydrogens (primary N) is 1. The zero-order valence-electron chi connectivity index (χ0n) is 9.62. The maximum Gasteiger partial charge on any atom is 0.573 e. The fourth-order valence-electron chi connectivity index (χ4n) is 1.14. The van der Waals surface area contributed by atoms with Crippen molar-refractivity contribution in [2.45, 2.75) is 19.4 Å². The highest BCUT2D eigenvalue weighted by Crippen LogP contribution is 2.33. The number of hydrogen-bond donors (Lipinski definition) is 2. The van der Waals surface area contributed by atoms with Crippen molar-refractivity contribution in [1.82, 2.24) is 5.43 Å². The molecule has 0 aliphatic carbocycles. The van der Waals surface area contributed by atoms with E-state index in [9.17, 15) is 18.0 Å². The molecular formula is C10H10BrF3N2O3. The maximum absolute atomic E-state index is 12.0. The quantitative estimate of drug-likeness (QED) is 0.499. The third-order valence-corrected chi connectivity index (χ3v) is 2.57. The zero-order valence-corrected chi connectivity index (χ0v) is 11.2. The van der Waals surface area contributed by atoms with Gasteiger partial charge in [-0.25, -0.2) is 5.84 Å². The summed E-state index contributed by atoms with van der Waals surface area (Å²) in [4.78, 5) is 11.1. The van der Waals surface area contributed by atoms with E-state index in [-0.39, 0.29) is 10.2 Å². The number of amides is 1. The zero-order chi connectivity index (χ0) is 14.6. The van der Waals surface area contributed by atoms with Gasteiger partial charge in [-0.2, -0.15) is 0 Å². The third kappa shape index (κ3) is 4.95. The topological polar surface area (TPSA) is 73.6 Å². The number of carbonyl (C=O) groups excluding carboxylic acids is 1. The van der Waals surface area contributed by atoms with Crippen molar-refractivity contribution in [3.63, 3.8) is 0 Å². The van der Waals surface area contributed by atoms with Crippen molar-refractivity contribution in [3.05, 3.63) is 22.7 Å². The Morgan fingerprint density at radius 2 is 2.11 bits per heavy atom. The van der Waals surface area contributed by atoms with Crippen LogP contribution in [0.2, 0.25) is 0 Å². The number of hydrazine groups is 1. The number of alkyl halides is 3.